The SMILES string of the molecule is COc1cc(-c2ccc(N3C[C@H](CNC(C)=O)OC3=O)cc2F)ccc1/C=N/N1CCSCC1. The van der Waals surface area contributed by atoms with Gasteiger partial charge in [-0.15, -0.1) is 0 Å². The molecule has 10 heteroatoms. The van der Waals surface area contributed by atoms with Gasteiger partial charge in [-0.1, -0.05) is 6.07 Å². The summed E-state index contributed by atoms with van der Waals surface area (Å²) in [6, 6.07) is 10.1. The van der Waals surface area contributed by atoms with E-state index in [2.05, 4.69) is 10.4 Å². The second-order valence-electron chi connectivity index (χ2n) is 7.98. The molecular weight excluding hydrogens is 459 g/mol. The van der Waals surface area contributed by atoms with Gasteiger partial charge in [0.05, 0.1) is 32.1 Å². The lowest BCUT2D eigenvalue weighted by molar-refractivity contribution is -0.119. The molecule has 2 saturated heterocycles. The summed E-state index contributed by atoms with van der Waals surface area (Å²) in [7, 11) is 1.57. The zero-order chi connectivity index (χ0) is 24.1. The van der Waals surface area contributed by atoms with E-state index in [0.717, 1.165) is 30.2 Å². The fraction of sp³-hybridized carbons (Fsp3) is 0.375. The van der Waals surface area contributed by atoms with Crippen molar-refractivity contribution < 1.29 is 23.5 Å². The van der Waals surface area contributed by atoms with E-state index in [4.69, 9.17) is 9.47 Å². The first kappa shape index (κ1) is 23.9. The van der Waals surface area contributed by atoms with Crippen LogP contribution in [0.4, 0.5) is 14.9 Å². The van der Waals surface area contributed by atoms with Crippen LogP contribution >= 0.6 is 11.8 Å². The smallest absolute Gasteiger partial charge is 0.414 e. The number of carbonyl (C=O) groups excluding carboxylic acids is 2. The quantitative estimate of drug-likeness (QED) is 0.605. The summed E-state index contributed by atoms with van der Waals surface area (Å²) < 4.78 is 25.9. The molecule has 0 spiro atoms. The van der Waals surface area contributed by atoms with Crippen molar-refractivity contribution >= 4 is 35.7 Å². The third kappa shape index (κ3) is 5.61. The van der Waals surface area contributed by atoms with Gasteiger partial charge in [0.1, 0.15) is 17.7 Å². The first-order chi connectivity index (χ1) is 16.4. The zero-order valence-corrected chi connectivity index (χ0v) is 19.9. The van der Waals surface area contributed by atoms with E-state index < -0.39 is 18.0 Å². The van der Waals surface area contributed by atoms with Crippen molar-refractivity contribution in [1.29, 1.82) is 0 Å². The Kier molecular flexibility index (Phi) is 7.56. The largest absolute Gasteiger partial charge is 0.496 e. The number of thioether (sulfide) groups is 1. The number of methoxy groups -OCH3 is 1. The van der Waals surface area contributed by atoms with Crippen molar-refractivity contribution in [3.63, 3.8) is 0 Å². The van der Waals surface area contributed by atoms with Crippen molar-refractivity contribution in [2.45, 2.75) is 13.0 Å². The topological polar surface area (TPSA) is 83.5 Å². The molecule has 0 bridgehead atoms. The summed E-state index contributed by atoms with van der Waals surface area (Å²) in [5.74, 6) is 2.05. The van der Waals surface area contributed by atoms with Crippen LogP contribution < -0.4 is 15.0 Å². The highest BCUT2D eigenvalue weighted by atomic mass is 32.2. The van der Waals surface area contributed by atoms with Crippen LogP contribution in [0.2, 0.25) is 0 Å². The minimum atomic E-state index is -0.569. The summed E-state index contributed by atoms with van der Waals surface area (Å²) in [6.45, 7) is 3.67. The van der Waals surface area contributed by atoms with Crippen molar-refractivity contribution in [2.24, 2.45) is 5.10 Å². The summed E-state index contributed by atoms with van der Waals surface area (Å²) >= 11 is 1.92. The van der Waals surface area contributed by atoms with Gasteiger partial charge in [0.2, 0.25) is 5.91 Å². The van der Waals surface area contributed by atoms with Gasteiger partial charge in [-0.25, -0.2) is 9.18 Å². The van der Waals surface area contributed by atoms with Crippen molar-refractivity contribution in [2.75, 3.05) is 49.7 Å². The minimum Gasteiger partial charge on any atom is -0.496 e. The number of anilines is 1. The molecule has 8 nitrogen and oxygen atoms in total. The average Bonchev–Trinajstić information content (AvgIpc) is 3.22. The monoisotopic (exact) mass is 486 g/mol. The molecule has 0 saturated carbocycles. The number of nitrogens with zero attached hydrogens (tertiary/aromatic N) is 3. The first-order valence-corrected chi connectivity index (χ1v) is 12.2. The van der Waals surface area contributed by atoms with Gasteiger partial charge in [-0.3, -0.25) is 14.7 Å². The Balaban J connectivity index is 1.49. The van der Waals surface area contributed by atoms with Crippen LogP contribution in [0.25, 0.3) is 11.1 Å². The van der Waals surface area contributed by atoms with E-state index in [1.54, 1.807) is 31.5 Å². The number of halogens is 1. The predicted octanol–water partition coefficient (Wildman–Crippen LogP) is 3.35. The lowest BCUT2D eigenvalue weighted by atomic mass is 10.0. The molecule has 1 N–H and O–H groups in total. The fourth-order valence-corrected chi connectivity index (χ4v) is 4.68. The number of benzene rings is 2. The number of ether oxygens (including phenoxy) is 2. The molecule has 0 unspecified atom stereocenters. The Morgan fingerprint density at radius 3 is 2.79 bits per heavy atom. The van der Waals surface area contributed by atoms with E-state index in [9.17, 15) is 9.59 Å². The van der Waals surface area contributed by atoms with Crippen LogP contribution in [0, 0.1) is 5.82 Å². The molecule has 2 amide bonds. The van der Waals surface area contributed by atoms with Crippen molar-refractivity contribution in [3.8, 4) is 16.9 Å². The number of cyclic esters (lactones) is 1. The van der Waals surface area contributed by atoms with Gasteiger partial charge in [-0.2, -0.15) is 16.9 Å². The maximum atomic E-state index is 15.1. The van der Waals surface area contributed by atoms with Gasteiger partial charge in [0.15, 0.2) is 0 Å². The summed E-state index contributed by atoms with van der Waals surface area (Å²) in [5.41, 5.74) is 2.25. The third-order valence-corrected chi connectivity index (χ3v) is 6.55. The second kappa shape index (κ2) is 10.8. The molecule has 0 aliphatic carbocycles. The molecule has 180 valence electrons. The van der Waals surface area contributed by atoms with Gasteiger partial charge in [0, 0.05) is 42.6 Å². The normalized spacial score (nSPS) is 18.3. The molecule has 2 aromatic rings. The number of carbonyl (C=O) groups is 2. The first-order valence-electron chi connectivity index (χ1n) is 11.0. The van der Waals surface area contributed by atoms with Crippen LogP contribution in [0.1, 0.15) is 12.5 Å². The molecular formula is C24H27FN4O4S. The van der Waals surface area contributed by atoms with E-state index in [1.807, 2.05) is 28.9 Å². The van der Waals surface area contributed by atoms with Crippen LogP contribution in [0.3, 0.4) is 0 Å². The molecule has 1 atom stereocenters. The third-order valence-electron chi connectivity index (χ3n) is 5.61. The number of hydrazone groups is 1. The van der Waals surface area contributed by atoms with Crippen LogP contribution in [-0.4, -0.2) is 74.1 Å². The lowest BCUT2D eigenvalue weighted by Crippen LogP contribution is -2.33. The van der Waals surface area contributed by atoms with Gasteiger partial charge in [-0.05, 0) is 35.9 Å². The standard InChI is InChI=1S/C24H27FN4O4S/c1-16(30)26-14-20-15-29(24(31)33-20)19-5-6-21(22(25)12-19)17-3-4-18(23(11-17)32-2)13-27-28-7-9-34-10-8-28/h3-6,11-13,20H,7-10,14-15H2,1-2H3,(H,26,30)/b27-13+/t20-/m0/s1. The van der Waals surface area contributed by atoms with Crippen LogP contribution in [0.5, 0.6) is 5.75 Å². The molecule has 2 aliphatic heterocycles. The Morgan fingerprint density at radius 1 is 1.29 bits per heavy atom. The number of hydrogen-bond donors (Lipinski definition) is 1. The Labute approximate surface area is 202 Å². The van der Waals surface area contributed by atoms with Crippen molar-refractivity contribution in [3.05, 3.63) is 47.8 Å². The molecule has 34 heavy (non-hydrogen) atoms. The molecule has 2 fully saturated rings. The van der Waals surface area contributed by atoms with Crippen LogP contribution in [-0.2, 0) is 9.53 Å². The summed E-state index contributed by atoms with van der Waals surface area (Å²) in [6.07, 6.45) is 0.718. The maximum Gasteiger partial charge on any atom is 0.414 e. The highest BCUT2D eigenvalue weighted by Crippen LogP contribution is 2.32. The van der Waals surface area contributed by atoms with Gasteiger partial charge >= 0.3 is 6.09 Å². The second-order valence-corrected chi connectivity index (χ2v) is 9.21. The molecule has 2 heterocycles. The lowest BCUT2D eigenvalue weighted by Gasteiger charge is -2.23. The fourth-order valence-electron chi connectivity index (χ4n) is 3.80. The highest BCUT2D eigenvalue weighted by Gasteiger charge is 2.32. The molecule has 0 radical (unpaired) electrons. The number of hydrogen-bond acceptors (Lipinski definition) is 7. The van der Waals surface area contributed by atoms with E-state index in [-0.39, 0.29) is 19.0 Å². The van der Waals surface area contributed by atoms with Crippen molar-refractivity contribution in [1.82, 2.24) is 10.3 Å². The van der Waals surface area contributed by atoms with Gasteiger partial charge in [0.25, 0.3) is 0 Å². The Bertz CT molecular complexity index is 1090. The zero-order valence-electron chi connectivity index (χ0n) is 19.1. The predicted molar refractivity (Wildman–Crippen MR) is 131 cm³/mol. The summed E-state index contributed by atoms with van der Waals surface area (Å²) in [5, 5.41) is 9.20. The summed E-state index contributed by atoms with van der Waals surface area (Å²) in [4.78, 5) is 24.7. The molecule has 4 rings (SSSR count). The highest BCUT2D eigenvalue weighted by molar-refractivity contribution is 7.99. The number of nitrogens with one attached hydrogen (secondary N) is 1. The van der Waals surface area contributed by atoms with E-state index in [1.165, 1.54) is 17.9 Å². The molecule has 2 aromatic carbocycles. The molecule has 2 aliphatic rings. The minimum absolute atomic E-state index is 0.205. The maximum absolute atomic E-state index is 15.1. The average molecular weight is 487 g/mol. The molecule has 0 aromatic heterocycles. The van der Waals surface area contributed by atoms with E-state index >= 15 is 4.39 Å². The van der Waals surface area contributed by atoms with Crippen LogP contribution in [0.15, 0.2) is 41.5 Å². The Hall–Kier alpha value is -3.27. The number of amides is 2. The number of rotatable bonds is 7. The van der Waals surface area contributed by atoms with Gasteiger partial charge < -0.3 is 14.8 Å². The Morgan fingerprint density at radius 2 is 2.09 bits per heavy atom. The van der Waals surface area contributed by atoms with E-state index in [0.29, 0.717) is 22.6 Å².